The van der Waals surface area contributed by atoms with Crippen LogP contribution < -0.4 is 15.8 Å². The Kier molecular flexibility index (Phi) is 2.53. The number of para-hydroxylation sites is 1. The summed E-state index contributed by atoms with van der Waals surface area (Å²) in [6.45, 7) is 0.446. The fourth-order valence-electron chi connectivity index (χ4n) is 1.77. The van der Waals surface area contributed by atoms with Crippen molar-refractivity contribution < 1.29 is 4.79 Å². The SMILES string of the molecule is O=C1NCc2cncnc2N1Nc1ccccc1. The zero-order valence-corrected chi connectivity index (χ0v) is 9.50. The zero-order valence-electron chi connectivity index (χ0n) is 9.50. The molecular formula is C12H11N5O. The fourth-order valence-corrected chi connectivity index (χ4v) is 1.77. The van der Waals surface area contributed by atoms with Crippen LogP contribution in [0.4, 0.5) is 16.3 Å². The summed E-state index contributed by atoms with van der Waals surface area (Å²) in [7, 11) is 0. The highest BCUT2D eigenvalue weighted by molar-refractivity contribution is 5.95. The molecule has 1 aromatic heterocycles. The number of hydrogen-bond acceptors (Lipinski definition) is 4. The van der Waals surface area contributed by atoms with Crippen molar-refractivity contribution in [2.75, 3.05) is 10.4 Å². The van der Waals surface area contributed by atoms with Gasteiger partial charge < -0.3 is 5.32 Å². The Hall–Kier alpha value is -2.63. The molecule has 2 heterocycles. The second kappa shape index (κ2) is 4.33. The Balaban J connectivity index is 1.94. The van der Waals surface area contributed by atoms with Crippen LogP contribution in [0.5, 0.6) is 0 Å². The van der Waals surface area contributed by atoms with E-state index in [9.17, 15) is 4.79 Å². The van der Waals surface area contributed by atoms with Crippen molar-refractivity contribution >= 4 is 17.5 Å². The Bertz CT molecular complexity index is 572. The van der Waals surface area contributed by atoms with E-state index in [2.05, 4.69) is 20.7 Å². The average Bonchev–Trinajstić information content (AvgIpc) is 2.43. The first-order chi connectivity index (χ1) is 8.84. The van der Waals surface area contributed by atoms with Crippen LogP contribution in [0.15, 0.2) is 42.9 Å². The van der Waals surface area contributed by atoms with Crippen LogP contribution in [0, 0.1) is 0 Å². The highest BCUT2D eigenvalue weighted by Crippen LogP contribution is 2.21. The number of nitrogens with zero attached hydrogens (tertiary/aromatic N) is 3. The van der Waals surface area contributed by atoms with Gasteiger partial charge in [-0.25, -0.2) is 14.8 Å². The molecule has 0 unspecified atom stereocenters. The van der Waals surface area contributed by atoms with Crippen LogP contribution in [-0.4, -0.2) is 16.0 Å². The number of anilines is 2. The molecule has 1 aliphatic heterocycles. The lowest BCUT2D eigenvalue weighted by Gasteiger charge is -2.28. The summed E-state index contributed by atoms with van der Waals surface area (Å²) < 4.78 is 0. The van der Waals surface area contributed by atoms with Gasteiger partial charge in [0.25, 0.3) is 0 Å². The largest absolute Gasteiger partial charge is 0.342 e. The van der Waals surface area contributed by atoms with Crippen molar-refractivity contribution in [1.29, 1.82) is 0 Å². The second-order valence-electron chi connectivity index (χ2n) is 3.84. The van der Waals surface area contributed by atoms with Gasteiger partial charge in [0, 0.05) is 18.3 Å². The van der Waals surface area contributed by atoms with E-state index in [1.165, 1.54) is 11.3 Å². The molecule has 90 valence electrons. The predicted molar refractivity (Wildman–Crippen MR) is 66.8 cm³/mol. The van der Waals surface area contributed by atoms with Crippen LogP contribution in [-0.2, 0) is 6.54 Å². The van der Waals surface area contributed by atoms with E-state index in [-0.39, 0.29) is 6.03 Å². The van der Waals surface area contributed by atoms with Crippen LogP contribution in [0.3, 0.4) is 0 Å². The smallest absolute Gasteiger partial charge is 0.332 e. The predicted octanol–water partition coefficient (Wildman–Crippen LogP) is 1.53. The molecule has 6 heteroatoms. The van der Waals surface area contributed by atoms with E-state index < -0.39 is 0 Å². The Labute approximate surface area is 104 Å². The fraction of sp³-hybridized carbons (Fsp3) is 0.0833. The number of hydrogen-bond donors (Lipinski definition) is 2. The lowest BCUT2D eigenvalue weighted by Crippen LogP contribution is -2.48. The number of aromatic nitrogens is 2. The number of hydrazine groups is 1. The summed E-state index contributed by atoms with van der Waals surface area (Å²) in [6.07, 6.45) is 3.12. The summed E-state index contributed by atoms with van der Waals surface area (Å²) in [6, 6.07) is 9.23. The zero-order chi connectivity index (χ0) is 12.4. The normalized spacial score (nSPS) is 13.8. The molecule has 2 N–H and O–H groups in total. The first-order valence-corrected chi connectivity index (χ1v) is 5.53. The van der Waals surface area contributed by atoms with Gasteiger partial charge in [-0.2, -0.15) is 5.01 Å². The molecule has 0 saturated heterocycles. The Morgan fingerprint density at radius 1 is 1.28 bits per heavy atom. The van der Waals surface area contributed by atoms with Gasteiger partial charge in [-0.1, -0.05) is 18.2 Å². The van der Waals surface area contributed by atoms with Gasteiger partial charge in [0.05, 0.1) is 5.69 Å². The standard InChI is InChI=1S/C12H11N5O/c18-12-14-7-9-6-13-8-15-11(9)17(12)16-10-4-2-1-3-5-10/h1-6,8,16H,7H2,(H,14,18). The van der Waals surface area contributed by atoms with Gasteiger partial charge in [-0.05, 0) is 12.1 Å². The number of rotatable bonds is 2. The molecule has 0 spiro atoms. The molecular weight excluding hydrogens is 230 g/mol. The number of amides is 2. The minimum atomic E-state index is -0.231. The highest BCUT2D eigenvalue weighted by Gasteiger charge is 2.25. The van der Waals surface area contributed by atoms with E-state index in [1.807, 2.05) is 30.3 Å². The summed E-state index contributed by atoms with van der Waals surface area (Å²) in [4.78, 5) is 19.9. The molecule has 0 atom stereocenters. The average molecular weight is 241 g/mol. The van der Waals surface area contributed by atoms with Crippen molar-refractivity contribution in [1.82, 2.24) is 15.3 Å². The molecule has 0 fully saturated rings. The molecule has 0 aliphatic carbocycles. The molecule has 18 heavy (non-hydrogen) atoms. The van der Waals surface area contributed by atoms with Gasteiger partial charge >= 0.3 is 6.03 Å². The highest BCUT2D eigenvalue weighted by atomic mass is 16.2. The number of benzene rings is 1. The number of nitrogens with one attached hydrogen (secondary N) is 2. The minimum absolute atomic E-state index is 0.231. The first kappa shape index (κ1) is 10.5. The van der Waals surface area contributed by atoms with Crippen LogP contribution in [0.25, 0.3) is 0 Å². The van der Waals surface area contributed by atoms with E-state index >= 15 is 0 Å². The van der Waals surface area contributed by atoms with Crippen LogP contribution in [0.1, 0.15) is 5.56 Å². The molecule has 1 aromatic carbocycles. The third kappa shape index (κ3) is 1.84. The summed E-state index contributed by atoms with van der Waals surface area (Å²) in [5, 5.41) is 4.14. The maximum absolute atomic E-state index is 11.9. The van der Waals surface area contributed by atoms with Crippen molar-refractivity contribution in [2.45, 2.75) is 6.54 Å². The van der Waals surface area contributed by atoms with Crippen molar-refractivity contribution in [3.63, 3.8) is 0 Å². The number of carbonyl (C=O) groups excluding carboxylic acids is 1. The number of carbonyl (C=O) groups is 1. The van der Waals surface area contributed by atoms with Gasteiger partial charge in [-0.3, -0.25) is 5.43 Å². The molecule has 0 bridgehead atoms. The first-order valence-electron chi connectivity index (χ1n) is 5.53. The van der Waals surface area contributed by atoms with Gasteiger partial charge in [0.15, 0.2) is 5.82 Å². The van der Waals surface area contributed by atoms with Crippen LogP contribution >= 0.6 is 0 Å². The summed E-state index contributed by atoms with van der Waals surface area (Å²) >= 11 is 0. The third-order valence-corrected chi connectivity index (χ3v) is 2.62. The van der Waals surface area contributed by atoms with E-state index in [0.717, 1.165) is 11.3 Å². The molecule has 6 nitrogen and oxygen atoms in total. The minimum Gasteiger partial charge on any atom is -0.332 e. The summed E-state index contributed by atoms with van der Waals surface area (Å²) in [5.41, 5.74) is 4.71. The van der Waals surface area contributed by atoms with E-state index in [1.54, 1.807) is 6.20 Å². The lowest BCUT2D eigenvalue weighted by molar-refractivity contribution is 0.245. The van der Waals surface area contributed by atoms with Gasteiger partial charge in [-0.15, -0.1) is 0 Å². The second-order valence-corrected chi connectivity index (χ2v) is 3.84. The topological polar surface area (TPSA) is 70.2 Å². The molecule has 2 aromatic rings. The molecule has 0 radical (unpaired) electrons. The quantitative estimate of drug-likeness (QED) is 0.836. The molecule has 3 rings (SSSR count). The van der Waals surface area contributed by atoms with Crippen molar-refractivity contribution in [3.8, 4) is 0 Å². The Morgan fingerprint density at radius 3 is 2.94 bits per heavy atom. The van der Waals surface area contributed by atoms with Gasteiger partial charge in [0.2, 0.25) is 0 Å². The monoisotopic (exact) mass is 241 g/mol. The number of fused-ring (bicyclic) bond motifs is 1. The van der Waals surface area contributed by atoms with E-state index in [4.69, 9.17) is 0 Å². The van der Waals surface area contributed by atoms with E-state index in [0.29, 0.717) is 12.4 Å². The summed E-state index contributed by atoms with van der Waals surface area (Å²) in [5.74, 6) is 0.581. The lowest BCUT2D eigenvalue weighted by atomic mass is 10.2. The van der Waals surface area contributed by atoms with Crippen molar-refractivity contribution in [3.05, 3.63) is 48.4 Å². The molecule has 1 aliphatic rings. The van der Waals surface area contributed by atoms with Crippen LogP contribution in [0.2, 0.25) is 0 Å². The van der Waals surface area contributed by atoms with Gasteiger partial charge in [0.1, 0.15) is 6.33 Å². The Morgan fingerprint density at radius 2 is 2.11 bits per heavy atom. The van der Waals surface area contributed by atoms with Crippen molar-refractivity contribution in [2.24, 2.45) is 0 Å². The molecule has 0 saturated carbocycles. The third-order valence-electron chi connectivity index (χ3n) is 2.62. The maximum atomic E-state index is 11.9. The maximum Gasteiger partial charge on any atom is 0.342 e. The molecule has 2 amide bonds. The number of urea groups is 1.